The highest BCUT2D eigenvalue weighted by atomic mass is 19.1. The number of rotatable bonds is 7. The van der Waals surface area contributed by atoms with Crippen LogP contribution in [-0.4, -0.2) is 66.1 Å². The van der Waals surface area contributed by atoms with E-state index in [1.807, 2.05) is 19.1 Å². The van der Waals surface area contributed by atoms with Crippen LogP contribution in [0.3, 0.4) is 0 Å². The summed E-state index contributed by atoms with van der Waals surface area (Å²) in [5, 5.41) is 19.6. The van der Waals surface area contributed by atoms with Gasteiger partial charge in [-0.15, -0.1) is 0 Å². The molecule has 0 radical (unpaired) electrons. The lowest BCUT2D eigenvalue weighted by Gasteiger charge is -2.36. The molecular weight excluding hydrogens is 435 g/mol. The second-order valence-corrected chi connectivity index (χ2v) is 9.42. The van der Waals surface area contributed by atoms with Crippen molar-refractivity contribution >= 4 is 11.7 Å². The molecule has 0 aromatic heterocycles. The number of aliphatic hydroxyl groups excluding tert-OH is 1. The van der Waals surface area contributed by atoms with E-state index in [-0.39, 0.29) is 23.5 Å². The molecule has 0 aliphatic carbocycles. The third-order valence-electron chi connectivity index (χ3n) is 7.23. The van der Waals surface area contributed by atoms with Gasteiger partial charge in [-0.1, -0.05) is 12.1 Å². The molecule has 2 fully saturated rings. The summed E-state index contributed by atoms with van der Waals surface area (Å²) >= 11 is 0. The fraction of sp³-hybridized carbons (Fsp3) is 0.519. The lowest BCUT2D eigenvalue weighted by molar-refractivity contribution is 0.0695. The van der Waals surface area contributed by atoms with Crippen LogP contribution in [0.25, 0.3) is 11.1 Å². The van der Waals surface area contributed by atoms with Crippen molar-refractivity contribution in [3.05, 3.63) is 52.8 Å². The van der Waals surface area contributed by atoms with Crippen LogP contribution >= 0.6 is 0 Å². The molecule has 2 aromatic carbocycles. The molecule has 0 unspecified atom stereocenters. The van der Waals surface area contributed by atoms with Gasteiger partial charge in [0.25, 0.3) is 0 Å². The number of carbonyl (C=O) groups is 1. The van der Waals surface area contributed by atoms with E-state index < -0.39 is 5.97 Å². The topological polar surface area (TPSA) is 73.2 Å². The molecule has 2 aromatic rings. The summed E-state index contributed by atoms with van der Waals surface area (Å²) in [5.41, 5.74) is 3.85. The molecular formula is C27H35FN2O4. The number of hydrogen-bond acceptors (Lipinski definition) is 5. The minimum Gasteiger partial charge on any atom is -0.478 e. The zero-order chi connectivity index (χ0) is 24.2. The molecule has 2 aliphatic rings. The highest BCUT2D eigenvalue weighted by Crippen LogP contribution is 2.34. The maximum absolute atomic E-state index is 15.1. The Labute approximate surface area is 200 Å². The molecule has 0 bridgehead atoms. The van der Waals surface area contributed by atoms with Crippen molar-refractivity contribution in [2.24, 2.45) is 0 Å². The minimum absolute atomic E-state index is 0.245. The molecule has 184 valence electrons. The Balaban J connectivity index is 1.65. The maximum Gasteiger partial charge on any atom is 0.336 e. The Morgan fingerprint density at radius 2 is 1.82 bits per heavy atom. The van der Waals surface area contributed by atoms with E-state index >= 15 is 4.39 Å². The summed E-state index contributed by atoms with van der Waals surface area (Å²) < 4.78 is 20.6. The Bertz CT molecular complexity index is 1010. The van der Waals surface area contributed by atoms with Crippen molar-refractivity contribution in [2.75, 3.05) is 37.7 Å². The number of carboxylic acids is 1. The monoisotopic (exact) mass is 470 g/mol. The van der Waals surface area contributed by atoms with Crippen LogP contribution in [0, 0.1) is 12.7 Å². The zero-order valence-corrected chi connectivity index (χ0v) is 20.1. The number of nitrogens with zero attached hydrogens (tertiary/aromatic N) is 2. The second kappa shape index (κ2) is 10.8. The van der Waals surface area contributed by atoms with Gasteiger partial charge in [0.15, 0.2) is 0 Å². The lowest BCUT2D eigenvalue weighted by atomic mass is 9.95. The van der Waals surface area contributed by atoms with E-state index in [1.165, 1.54) is 6.07 Å². The van der Waals surface area contributed by atoms with Gasteiger partial charge in [-0.2, -0.15) is 0 Å². The molecule has 2 saturated heterocycles. The second-order valence-electron chi connectivity index (χ2n) is 9.42. The SMILES string of the molecule is CCN(c1cc(-c2ccc(CN3CCC(O)CC3)c(F)c2)cc(C(=O)O)c1C)C1CCOCC1. The number of halogens is 1. The highest BCUT2D eigenvalue weighted by Gasteiger charge is 2.25. The fourth-order valence-corrected chi connectivity index (χ4v) is 5.18. The number of carboxylic acid groups (broad SMARTS) is 1. The summed E-state index contributed by atoms with van der Waals surface area (Å²) in [7, 11) is 0. The summed E-state index contributed by atoms with van der Waals surface area (Å²) in [4.78, 5) is 16.5. The van der Waals surface area contributed by atoms with Gasteiger partial charge in [0.2, 0.25) is 0 Å². The van der Waals surface area contributed by atoms with Gasteiger partial charge in [-0.05, 0) is 74.4 Å². The number of benzene rings is 2. The Kier molecular flexibility index (Phi) is 7.86. The third kappa shape index (κ3) is 5.43. The molecule has 34 heavy (non-hydrogen) atoms. The summed E-state index contributed by atoms with van der Waals surface area (Å²) in [5.74, 6) is -1.27. The number of piperidine rings is 1. The van der Waals surface area contributed by atoms with Crippen LogP contribution in [-0.2, 0) is 11.3 Å². The first-order valence-corrected chi connectivity index (χ1v) is 12.3. The van der Waals surface area contributed by atoms with E-state index in [2.05, 4.69) is 16.7 Å². The van der Waals surface area contributed by atoms with Crippen molar-refractivity contribution in [3.8, 4) is 11.1 Å². The van der Waals surface area contributed by atoms with Crippen molar-refractivity contribution < 1.29 is 24.1 Å². The number of ether oxygens (including phenoxy) is 1. The summed E-state index contributed by atoms with van der Waals surface area (Å²) in [6, 6.07) is 9.13. The van der Waals surface area contributed by atoms with E-state index in [0.717, 1.165) is 43.7 Å². The van der Waals surface area contributed by atoms with Gasteiger partial charge in [-0.25, -0.2) is 9.18 Å². The van der Waals surface area contributed by atoms with Gasteiger partial charge in [-0.3, -0.25) is 4.90 Å². The fourth-order valence-electron chi connectivity index (χ4n) is 5.18. The molecule has 0 amide bonds. The average molecular weight is 471 g/mol. The number of aromatic carboxylic acids is 1. The highest BCUT2D eigenvalue weighted by molar-refractivity contribution is 5.94. The quantitative estimate of drug-likeness (QED) is 0.623. The van der Waals surface area contributed by atoms with Gasteiger partial charge in [0, 0.05) is 56.7 Å². The van der Waals surface area contributed by atoms with Crippen LogP contribution in [0.4, 0.5) is 10.1 Å². The van der Waals surface area contributed by atoms with Crippen LogP contribution in [0.1, 0.15) is 54.1 Å². The van der Waals surface area contributed by atoms with Crippen molar-refractivity contribution in [2.45, 2.75) is 58.2 Å². The van der Waals surface area contributed by atoms with Gasteiger partial charge < -0.3 is 19.8 Å². The Morgan fingerprint density at radius 1 is 1.12 bits per heavy atom. The summed E-state index contributed by atoms with van der Waals surface area (Å²) in [6.45, 7) is 8.11. The average Bonchev–Trinajstić information content (AvgIpc) is 2.83. The first-order valence-electron chi connectivity index (χ1n) is 12.3. The van der Waals surface area contributed by atoms with Gasteiger partial charge in [0.05, 0.1) is 11.7 Å². The number of aliphatic hydroxyl groups is 1. The van der Waals surface area contributed by atoms with E-state index in [0.29, 0.717) is 49.3 Å². The van der Waals surface area contributed by atoms with Gasteiger partial charge in [0.1, 0.15) is 5.82 Å². The van der Waals surface area contributed by atoms with Crippen LogP contribution in [0.2, 0.25) is 0 Å². The predicted molar refractivity (Wildman–Crippen MR) is 131 cm³/mol. The van der Waals surface area contributed by atoms with Crippen LogP contribution in [0.15, 0.2) is 30.3 Å². The van der Waals surface area contributed by atoms with Crippen LogP contribution < -0.4 is 4.90 Å². The first-order chi connectivity index (χ1) is 16.4. The molecule has 7 heteroatoms. The maximum atomic E-state index is 15.1. The van der Waals surface area contributed by atoms with Crippen molar-refractivity contribution in [3.63, 3.8) is 0 Å². The molecule has 2 heterocycles. The predicted octanol–water partition coefficient (Wildman–Crippen LogP) is 4.46. The zero-order valence-electron chi connectivity index (χ0n) is 20.1. The largest absolute Gasteiger partial charge is 0.478 e. The normalized spacial score (nSPS) is 18.2. The molecule has 6 nitrogen and oxygen atoms in total. The standard InChI is InChI=1S/C27H35FN2O4/c1-3-30(22-8-12-34-13-9-22)26-16-21(14-24(18(26)2)27(32)33)19-4-5-20(25(28)15-19)17-29-10-6-23(31)7-11-29/h4-5,14-16,22-23,31H,3,6-13,17H2,1-2H3,(H,32,33). The number of anilines is 1. The smallest absolute Gasteiger partial charge is 0.336 e. The third-order valence-corrected chi connectivity index (χ3v) is 7.23. The number of hydrogen-bond donors (Lipinski definition) is 2. The van der Waals surface area contributed by atoms with E-state index in [4.69, 9.17) is 4.74 Å². The minimum atomic E-state index is -0.979. The first kappa shape index (κ1) is 24.6. The molecule has 4 rings (SSSR count). The Morgan fingerprint density at radius 3 is 2.44 bits per heavy atom. The Hall–Kier alpha value is -2.48. The summed E-state index contributed by atoms with van der Waals surface area (Å²) in [6.07, 6.45) is 2.97. The van der Waals surface area contributed by atoms with Crippen molar-refractivity contribution in [1.82, 2.24) is 4.90 Å². The molecule has 2 aliphatic heterocycles. The number of likely N-dealkylation sites (tertiary alicyclic amines) is 1. The van der Waals surface area contributed by atoms with E-state index in [1.54, 1.807) is 12.1 Å². The van der Waals surface area contributed by atoms with Crippen molar-refractivity contribution in [1.29, 1.82) is 0 Å². The molecule has 0 spiro atoms. The van der Waals surface area contributed by atoms with E-state index in [9.17, 15) is 15.0 Å². The van der Waals surface area contributed by atoms with Gasteiger partial charge >= 0.3 is 5.97 Å². The molecule has 0 atom stereocenters. The lowest BCUT2D eigenvalue weighted by Crippen LogP contribution is -2.40. The van der Waals surface area contributed by atoms with Crippen LogP contribution in [0.5, 0.6) is 0 Å². The molecule has 0 saturated carbocycles. The molecule has 2 N–H and O–H groups in total.